The molecule has 0 unspecified atom stereocenters. The van der Waals surface area contributed by atoms with Crippen LogP contribution in [0.25, 0.3) is 22.0 Å². The van der Waals surface area contributed by atoms with Gasteiger partial charge in [0.05, 0.1) is 16.2 Å². The summed E-state index contributed by atoms with van der Waals surface area (Å²) >= 11 is 0. The van der Waals surface area contributed by atoms with E-state index in [-0.39, 0.29) is 10.6 Å². The van der Waals surface area contributed by atoms with Gasteiger partial charge in [-0.3, -0.25) is 15.1 Å². The summed E-state index contributed by atoms with van der Waals surface area (Å²) in [4.78, 5) is 15.0. The van der Waals surface area contributed by atoms with Crippen molar-refractivity contribution in [3.8, 4) is 11.3 Å². The summed E-state index contributed by atoms with van der Waals surface area (Å²) < 4.78 is 0. The van der Waals surface area contributed by atoms with Crippen LogP contribution in [0.5, 0.6) is 0 Å². The second-order valence-corrected chi connectivity index (χ2v) is 4.15. The van der Waals surface area contributed by atoms with Gasteiger partial charge in [-0.2, -0.15) is 0 Å². The third-order valence-corrected chi connectivity index (χ3v) is 3.03. The summed E-state index contributed by atoms with van der Waals surface area (Å²) in [5, 5.41) is 13.0. The van der Waals surface area contributed by atoms with E-state index >= 15 is 0 Å². The fourth-order valence-corrected chi connectivity index (χ4v) is 2.17. The van der Waals surface area contributed by atoms with Gasteiger partial charge >= 0.3 is 0 Å². The molecule has 1 heterocycles. The maximum Gasteiger partial charge on any atom is 0.278 e. The average molecular weight is 250 g/mol. The Bertz CT molecular complexity index is 763. The van der Waals surface area contributed by atoms with Crippen LogP contribution < -0.4 is 0 Å². The maximum atomic E-state index is 11.1. The highest BCUT2D eigenvalue weighted by molar-refractivity contribution is 5.96. The van der Waals surface area contributed by atoms with Crippen LogP contribution in [0.3, 0.4) is 0 Å². The second kappa shape index (κ2) is 4.49. The first kappa shape index (κ1) is 11.3. The molecule has 0 aliphatic carbocycles. The highest BCUT2D eigenvalue weighted by Crippen LogP contribution is 2.32. The van der Waals surface area contributed by atoms with Gasteiger partial charge in [0, 0.05) is 17.6 Å². The van der Waals surface area contributed by atoms with Crippen LogP contribution >= 0.6 is 0 Å². The number of pyridine rings is 1. The van der Waals surface area contributed by atoms with Crippen LogP contribution in [-0.4, -0.2) is 9.91 Å². The molecule has 0 saturated heterocycles. The van der Waals surface area contributed by atoms with Gasteiger partial charge in [-0.25, -0.2) is 0 Å². The molecule has 2 aromatic carbocycles. The number of nitro groups is 1. The molecule has 0 fully saturated rings. The zero-order chi connectivity index (χ0) is 13.2. The minimum Gasteiger partial charge on any atom is -0.258 e. The molecular weight excluding hydrogens is 240 g/mol. The number of fused-ring (bicyclic) bond motifs is 1. The Morgan fingerprint density at radius 1 is 0.947 bits per heavy atom. The SMILES string of the molecule is O=[N+]([O-])c1ccccc1-c1nccc2ccccc12. The van der Waals surface area contributed by atoms with Crippen molar-refractivity contribution in [2.24, 2.45) is 0 Å². The Hall–Kier alpha value is -2.75. The number of benzene rings is 2. The Labute approximate surface area is 109 Å². The predicted molar refractivity (Wildman–Crippen MR) is 73.8 cm³/mol. The Morgan fingerprint density at radius 3 is 2.53 bits per heavy atom. The van der Waals surface area contributed by atoms with E-state index < -0.39 is 0 Å². The summed E-state index contributed by atoms with van der Waals surface area (Å²) in [6.45, 7) is 0. The molecule has 0 aliphatic heterocycles. The van der Waals surface area contributed by atoms with E-state index in [9.17, 15) is 10.1 Å². The monoisotopic (exact) mass is 250 g/mol. The van der Waals surface area contributed by atoms with Crippen molar-refractivity contribution in [1.29, 1.82) is 0 Å². The van der Waals surface area contributed by atoms with E-state index in [1.165, 1.54) is 6.07 Å². The Balaban J connectivity index is 2.34. The lowest BCUT2D eigenvalue weighted by Crippen LogP contribution is -1.93. The van der Waals surface area contributed by atoms with E-state index in [0.717, 1.165) is 10.8 Å². The number of aromatic nitrogens is 1. The van der Waals surface area contributed by atoms with Gasteiger partial charge in [-0.05, 0) is 17.5 Å². The van der Waals surface area contributed by atoms with Crippen molar-refractivity contribution in [1.82, 2.24) is 4.98 Å². The van der Waals surface area contributed by atoms with Crippen LogP contribution in [-0.2, 0) is 0 Å². The molecule has 3 aromatic rings. The van der Waals surface area contributed by atoms with Gasteiger partial charge in [0.2, 0.25) is 0 Å². The Kier molecular flexibility index (Phi) is 2.68. The molecule has 1 aromatic heterocycles. The molecule has 0 atom stereocenters. The van der Waals surface area contributed by atoms with Gasteiger partial charge in [-0.15, -0.1) is 0 Å². The summed E-state index contributed by atoms with van der Waals surface area (Å²) in [6, 6.07) is 16.3. The number of hydrogen-bond acceptors (Lipinski definition) is 3. The third kappa shape index (κ3) is 1.93. The predicted octanol–water partition coefficient (Wildman–Crippen LogP) is 3.81. The zero-order valence-corrected chi connectivity index (χ0v) is 9.98. The van der Waals surface area contributed by atoms with Crippen LogP contribution in [0.15, 0.2) is 60.8 Å². The summed E-state index contributed by atoms with van der Waals surface area (Å²) in [6.07, 6.45) is 1.67. The first-order valence-corrected chi connectivity index (χ1v) is 5.85. The van der Waals surface area contributed by atoms with Gasteiger partial charge in [-0.1, -0.05) is 36.4 Å². The molecule has 0 amide bonds. The molecule has 0 aliphatic rings. The molecule has 0 bridgehead atoms. The number of hydrogen-bond donors (Lipinski definition) is 0. The van der Waals surface area contributed by atoms with Gasteiger partial charge < -0.3 is 0 Å². The summed E-state index contributed by atoms with van der Waals surface area (Å²) in [5.41, 5.74) is 1.26. The van der Waals surface area contributed by atoms with E-state index in [0.29, 0.717) is 11.3 Å². The van der Waals surface area contributed by atoms with Crippen molar-refractivity contribution >= 4 is 16.5 Å². The molecule has 4 heteroatoms. The smallest absolute Gasteiger partial charge is 0.258 e. The number of nitro benzene ring substituents is 1. The first-order valence-electron chi connectivity index (χ1n) is 5.85. The number of rotatable bonds is 2. The van der Waals surface area contributed by atoms with Gasteiger partial charge in [0.25, 0.3) is 5.69 Å². The number of para-hydroxylation sites is 1. The molecule has 3 rings (SSSR count). The molecule has 0 N–H and O–H groups in total. The minimum atomic E-state index is -0.376. The summed E-state index contributed by atoms with van der Waals surface area (Å²) in [5.74, 6) is 0. The molecule has 4 nitrogen and oxygen atoms in total. The topological polar surface area (TPSA) is 56.0 Å². The average Bonchev–Trinajstić information content (AvgIpc) is 2.46. The molecule has 19 heavy (non-hydrogen) atoms. The first-order chi connectivity index (χ1) is 9.27. The normalized spacial score (nSPS) is 10.5. The standard InChI is InChI=1S/C15H10N2O2/c18-17(19)14-8-4-3-7-13(14)15-12-6-2-1-5-11(12)9-10-16-15/h1-10H. The lowest BCUT2D eigenvalue weighted by Gasteiger charge is -2.06. The highest BCUT2D eigenvalue weighted by Gasteiger charge is 2.16. The van der Waals surface area contributed by atoms with Crippen LogP contribution in [0.2, 0.25) is 0 Å². The fourth-order valence-electron chi connectivity index (χ4n) is 2.17. The summed E-state index contributed by atoms with van der Waals surface area (Å²) in [7, 11) is 0. The van der Waals surface area contributed by atoms with E-state index in [4.69, 9.17) is 0 Å². The lowest BCUT2D eigenvalue weighted by molar-refractivity contribution is -0.384. The van der Waals surface area contributed by atoms with Crippen molar-refractivity contribution in [2.75, 3.05) is 0 Å². The fraction of sp³-hybridized carbons (Fsp3) is 0. The highest BCUT2D eigenvalue weighted by atomic mass is 16.6. The van der Waals surface area contributed by atoms with Crippen LogP contribution in [0.4, 0.5) is 5.69 Å². The van der Waals surface area contributed by atoms with Crippen molar-refractivity contribution in [3.05, 3.63) is 70.9 Å². The van der Waals surface area contributed by atoms with Crippen molar-refractivity contribution < 1.29 is 4.92 Å². The van der Waals surface area contributed by atoms with Crippen molar-refractivity contribution in [3.63, 3.8) is 0 Å². The molecule has 0 saturated carbocycles. The Morgan fingerprint density at radius 2 is 1.68 bits per heavy atom. The van der Waals surface area contributed by atoms with E-state index in [1.807, 2.05) is 30.3 Å². The minimum absolute atomic E-state index is 0.0753. The van der Waals surface area contributed by atoms with E-state index in [2.05, 4.69) is 4.98 Å². The molecular formula is C15H10N2O2. The zero-order valence-electron chi connectivity index (χ0n) is 9.98. The molecule has 0 radical (unpaired) electrons. The largest absolute Gasteiger partial charge is 0.278 e. The van der Waals surface area contributed by atoms with Gasteiger partial charge in [0.15, 0.2) is 0 Å². The van der Waals surface area contributed by atoms with Crippen LogP contribution in [0.1, 0.15) is 0 Å². The maximum absolute atomic E-state index is 11.1. The third-order valence-electron chi connectivity index (χ3n) is 3.03. The van der Waals surface area contributed by atoms with Gasteiger partial charge in [0.1, 0.15) is 0 Å². The van der Waals surface area contributed by atoms with Crippen molar-refractivity contribution in [2.45, 2.75) is 0 Å². The molecule has 0 spiro atoms. The molecule has 92 valence electrons. The lowest BCUT2D eigenvalue weighted by atomic mass is 10.0. The van der Waals surface area contributed by atoms with Crippen LogP contribution in [0, 0.1) is 10.1 Å². The number of nitrogens with zero attached hydrogens (tertiary/aromatic N) is 2. The van der Waals surface area contributed by atoms with E-state index in [1.54, 1.807) is 24.4 Å². The quantitative estimate of drug-likeness (QED) is 0.513. The second-order valence-electron chi connectivity index (χ2n) is 4.15.